The second kappa shape index (κ2) is 14.5. The normalized spacial score (nSPS) is 21.0. The third-order valence-corrected chi connectivity index (χ3v) is 9.52. The van der Waals surface area contributed by atoms with Crippen molar-refractivity contribution in [3.05, 3.63) is 64.2 Å². The number of aromatic nitrogens is 1. The topological polar surface area (TPSA) is 99.1 Å². The zero-order chi connectivity index (χ0) is 32.9. The number of rotatable bonds is 10. The minimum absolute atomic E-state index is 0.0705. The summed E-state index contributed by atoms with van der Waals surface area (Å²) in [5.74, 6) is -2.44. The Hall–Kier alpha value is -2.80. The molecule has 1 fully saturated rings. The molecule has 0 spiro atoms. The van der Waals surface area contributed by atoms with E-state index in [1.54, 1.807) is 27.7 Å². The van der Waals surface area contributed by atoms with Crippen LogP contribution in [0.1, 0.15) is 50.9 Å². The summed E-state index contributed by atoms with van der Waals surface area (Å²) in [6, 6.07) is 7.91. The molecule has 8 nitrogen and oxygen atoms in total. The third-order valence-electron chi connectivity index (χ3n) is 6.52. The fourth-order valence-electron chi connectivity index (χ4n) is 4.25. The van der Waals surface area contributed by atoms with Gasteiger partial charge in [-0.3, -0.25) is 9.78 Å². The Balaban J connectivity index is 2.02. The number of benzene rings is 1. The van der Waals surface area contributed by atoms with E-state index >= 15 is 8.78 Å². The van der Waals surface area contributed by atoms with Crippen LogP contribution in [-0.2, 0) is 29.3 Å². The third kappa shape index (κ3) is 10.4. The number of hydrogen-bond acceptors (Lipinski definition) is 8. The summed E-state index contributed by atoms with van der Waals surface area (Å²) in [7, 11) is -0.229. The first-order valence-electron chi connectivity index (χ1n) is 14.1. The molecule has 0 radical (unpaired) electrons. The number of ether oxygens (including phenoxy) is 3. The van der Waals surface area contributed by atoms with Gasteiger partial charge < -0.3 is 19.5 Å². The van der Waals surface area contributed by atoms with Crippen LogP contribution in [0.3, 0.4) is 0 Å². The molecule has 3 atom stereocenters. The van der Waals surface area contributed by atoms with Crippen molar-refractivity contribution in [2.75, 3.05) is 13.7 Å². The van der Waals surface area contributed by atoms with E-state index in [0.717, 1.165) is 17.8 Å². The molecule has 0 unspecified atom stereocenters. The van der Waals surface area contributed by atoms with Crippen molar-refractivity contribution in [1.82, 2.24) is 10.3 Å². The van der Waals surface area contributed by atoms with Gasteiger partial charge in [0.25, 0.3) is 0 Å². The molecular formula is C31H40ClF2N3O5SSi. The molecule has 0 bridgehead atoms. The van der Waals surface area contributed by atoms with Crippen molar-refractivity contribution >= 4 is 60.4 Å². The van der Waals surface area contributed by atoms with Crippen molar-refractivity contribution in [2.45, 2.75) is 82.4 Å². The van der Waals surface area contributed by atoms with Crippen LogP contribution in [0.15, 0.2) is 41.5 Å². The average Bonchev–Trinajstić information content (AvgIpc) is 2.91. The number of methoxy groups -OCH3 is 1. The minimum atomic E-state index is -1.49. The molecule has 1 N–H and O–H groups in total. The smallest absolute Gasteiger partial charge is 0.359 e. The maximum absolute atomic E-state index is 15.5. The molecule has 0 saturated carbocycles. The molecule has 1 aromatic heterocycles. The van der Waals surface area contributed by atoms with E-state index in [9.17, 15) is 9.59 Å². The van der Waals surface area contributed by atoms with Crippen LogP contribution in [0.4, 0.5) is 8.78 Å². The molecule has 1 aromatic carbocycles. The van der Waals surface area contributed by atoms with Crippen molar-refractivity contribution in [1.29, 1.82) is 0 Å². The van der Waals surface area contributed by atoms with Crippen LogP contribution in [0.5, 0.6) is 0 Å². The maximum Gasteiger partial charge on any atom is 0.359 e. The van der Waals surface area contributed by atoms with Gasteiger partial charge in [0, 0.05) is 26.4 Å². The molecule has 240 valence electrons. The van der Waals surface area contributed by atoms with Crippen LogP contribution < -0.4 is 5.32 Å². The lowest BCUT2D eigenvalue weighted by Gasteiger charge is -2.40. The Morgan fingerprint density at radius 2 is 1.98 bits per heavy atom. The zero-order valence-corrected chi connectivity index (χ0v) is 28.9. The van der Waals surface area contributed by atoms with E-state index < -0.39 is 54.3 Å². The fraction of sp³-hybridized carbons (Fsp3) is 0.484. The van der Waals surface area contributed by atoms with Crippen molar-refractivity contribution in [2.24, 2.45) is 4.99 Å². The van der Waals surface area contributed by atoms with Gasteiger partial charge in [-0.2, -0.15) is 0 Å². The highest BCUT2D eigenvalue weighted by Gasteiger charge is 2.43. The van der Waals surface area contributed by atoms with Crippen LogP contribution >= 0.6 is 23.4 Å². The number of aliphatic imine (C=N–C) groups is 1. The van der Waals surface area contributed by atoms with E-state index in [1.165, 1.54) is 49.7 Å². The Kier molecular flexibility index (Phi) is 11.8. The summed E-state index contributed by atoms with van der Waals surface area (Å²) in [6.07, 6.45) is 1.36. The molecule has 44 heavy (non-hydrogen) atoms. The molecule has 13 heteroatoms. The van der Waals surface area contributed by atoms with Gasteiger partial charge >= 0.3 is 11.9 Å². The Morgan fingerprint density at radius 1 is 1.27 bits per heavy atom. The van der Waals surface area contributed by atoms with E-state index in [-0.39, 0.29) is 29.5 Å². The molecular weight excluding hydrogens is 628 g/mol. The maximum atomic E-state index is 15.5. The standard InChI is InChI=1S/C31H40ClF2N3O5SSi/c1-30(2,3)42-28(39)26(41-13-14-44(6,7)8)36-29-37-31(4,17-25(43-29)27(38)40-5)21-15-19(9-11-22(21)33)16-23(34)24-12-10-20(32)18-35-24/h9-12,15-16,18,25-26H,13-14,17H2,1-8H3,(H,36,37)/b23-16-/t25-,26-,31-/m0/s1. The van der Waals surface area contributed by atoms with Crippen molar-refractivity contribution < 1.29 is 32.6 Å². The van der Waals surface area contributed by atoms with E-state index in [2.05, 4.69) is 34.9 Å². The molecule has 2 heterocycles. The lowest BCUT2D eigenvalue weighted by atomic mass is 9.85. The largest absolute Gasteiger partial charge is 0.468 e. The Bertz CT molecular complexity index is 1410. The van der Waals surface area contributed by atoms with Gasteiger partial charge in [0.1, 0.15) is 22.5 Å². The monoisotopic (exact) mass is 667 g/mol. The highest BCUT2D eigenvalue weighted by molar-refractivity contribution is 8.15. The molecule has 1 aliphatic rings. The summed E-state index contributed by atoms with van der Waals surface area (Å²) in [5, 5.41) is 2.97. The number of carbonyl (C=O) groups is 2. The second-order valence-electron chi connectivity index (χ2n) is 12.9. The van der Waals surface area contributed by atoms with Gasteiger partial charge in [-0.25, -0.2) is 18.6 Å². The Morgan fingerprint density at radius 3 is 2.57 bits per heavy atom. The molecule has 1 aliphatic heterocycles. The summed E-state index contributed by atoms with van der Waals surface area (Å²) >= 11 is 6.92. The van der Waals surface area contributed by atoms with Gasteiger partial charge in [-0.05, 0) is 76.1 Å². The number of pyridine rings is 1. The van der Waals surface area contributed by atoms with Crippen molar-refractivity contribution in [3.63, 3.8) is 0 Å². The van der Waals surface area contributed by atoms with E-state index in [0.29, 0.717) is 10.6 Å². The highest BCUT2D eigenvalue weighted by atomic mass is 35.5. The Labute approximate surface area is 268 Å². The van der Waals surface area contributed by atoms with Gasteiger partial charge in [0.2, 0.25) is 6.23 Å². The minimum Gasteiger partial charge on any atom is -0.468 e. The summed E-state index contributed by atoms with van der Waals surface area (Å²) < 4.78 is 47.0. The first-order chi connectivity index (χ1) is 20.4. The fourth-order valence-corrected chi connectivity index (χ4v) is 6.41. The molecule has 3 rings (SSSR count). The van der Waals surface area contributed by atoms with Crippen molar-refractivity contribution in [3.8, 4) is 0 Å². The van der Waals surface area contributed by atoms with E-state index in [1.807, 2.05) is 0 Å². The van der Waals surface area contributed by atoms with Crippen LogP contribution in [0.25, 0.3) is 11.9 Å². The molecule has 1 saturated heterocycles. The SMILES string of the molecule is COC(=O)[C@@H]1C[C@@](C)(c2cc(/C=C(\F)c3ccc(Cl)cn3)ccc2F)N/C(=N/[C@@H](OCC[Si](C)(C)C)C(=O)OC(C)(C)C)S1. The first kappa shape index (κ1) is 35.7. The molecule has 2 aromatic rings. The number of hydrogen-bond donors (Lipinski definition) is 1. The summed E-state index contributed by atoms with van der Waals surface area (Å²) in [6.45, 7) is 13.8. The van der Waals surface area contributed by atoms with Gasteiger partial charge in [0.05, 0.1) is 23.4 Å². The lowest BCUT2D eigenvalue weighted by Crippen LogP contribution is -2.51. The van der Waals surface area contributed by atoms with Gasteiger partial charge in [-0.15, -0.1) is 0 Å². The predicted octanol–water partition coefficient (Wildman–Crippen LogP) is 7.20. The number of nitrogens with one attached hydrogen (secondary N) is 1. The number of carbonyl (C=O) groups excluding carboxylic acids is 2. The van der Waals surface area contributed by atoms with E-state index in [4.69, 9.17) is 25.8 Å². The van der Waals surface area contributed by atoms with Gasteiger partial charge in [0.15, 0.2) is 5.17 Å². The number of thioether (sulfide) groups is 1. The zero-order valence-electron chi connectivity index (χ0n) is 26.3. The molecule has 0 aliphatic carbocycles. The van der Waals surface area contributed by atoms with Crippen LogP contribution in [0, 0.1) is 5.82 Å². The quantitative estimate of drug-likeness (QED) is 0.210. The average molecular weight is 668 g/mol. The molecule has 0 amide bonds. The van der Waals surface area contributed by atoms with Crippen LogP contribution in [-0.4, -0.2) is 61.0 Å². The van der Waals surface area contributed by atoms with Crippen LogP contribution in [0.2, 0.25) is 30.7 Å². The second-order valence-corrected chi connectivity index (χ2v) is 20.1. The number of halogens is 3. The summed E-state index contributed by atoms with van der Waals surface area (Å²) in [4.78, 5) is 34.5. The summed E-state index contributed by atoms with van der Waals surface area (Å²) in [5.41, 5.74) is -1.39. The predicted molar refractivity (Wildman–Crippen MR) is 174 cm³/mol. The number of amidine groups is 1. The highest BCUT2D eigenvalue weighted by Crippen LogP contribution is 2.39. The lowest BCUT2D eigenvalue weighted by molar-refractivity contribution is -0.167. The first-order valence-corrected chi connectivity index (χ1v) is 19.1. The number of nitrogens with zero attached hydrogens (tertiary/aromatic N) is 2. The number of esters is 2. The van der Waals surface area contributed by atoms with Gasteiger partial charge in [-0.1, -0.05) is 49.1 Å².